The van der Waals surface area contributed by atoms with Crippen LogP contribution in [0.2, 0.25) is 0 Å². The van der Waals surface area contributed by atoms with Crippen LogP contribution in [0.1, 0.15) is 29.0 Å². The normalized spacial score (nSPS) is 16.3. The molecule has 1 saturated heterocycles. The first-order chi connectivity index (χ1) is 13.0. The lowest BCUT2D eigenvalue weighted by molar-refractivity contribution is 0.0600. The van der Waals surface area contributed by atoms with E-state index in [1.807, 2.05) is 23.9 Å². The van der Waals surface area contributed by atoms with Crippen molar-refractivity contribution in [1.29, 1.82) is 0 Å². The molecule has 27 heavy (non-hydrogen) atoms. The number of carbonyl (C=O) groups is 1. The van der Waals surface area contributed by atoms with Gasteiger partial charge in [-0.1, -0.05) is 0 Å². The number of piperidine rings is 1. The summed E-state index contributed by atoms with van der Waals surface area (Å²) in [6.45, 7) is 1.04. The van der Waals surface area contributed by atoms with Crippen molar-refractivity contribution in [1.82, 2.24) is 4.31 Å². The van der Waals surface area contributed by atoms with Crippen LogP contribution >= 0.6 is 11.8 Å². The van der Waals surface area contributed by atoms with Crippen molar-refractivity contribution in [2.24, 2.45) is 5.92 Å². The summed E-state index contributed by atoms with van der Waals surface area (Å²) in [7, 11) is -2.24. The van der Waals surface area contributed by atoms with E-state index in [1.54, 1.807) is 6.26 Å². The van der Waals surface area contributed by atoms with Gasteiger partial charge >= 0.3 is 5.97 Å². The van der Waals surface area contributed by atoms with Crippen LogP contribution in [-0.2, 0) is 20.5 Å². The molecule has 0 saturated carbocycles. The molecule has 1 fully saturated rings. The average Bonchev–Trinajstić information content (AvgIpc) is 3.21. The Bertz CT molecular complexity index is 839. The summed E-state index contributed by atoms with van der Waals surface area (Å²) < 4.78 is 37.1. The first kappa shape index (κ1) is 20.0. The van der Waals surface area contributed by atoms with E-state index in [2.05, 4.69) is 4.74 Å². The Hall–Kier alpha value is -1.77. The lowest BCUT2D eigenvalue weighted by Crippen LogP contribution is -2.38. The molecular weight excluding hydrogens is 386 g/mol. The molecule has 0 atom stereocenters. The van der Waals surface area contributed by atoms with E-state index in [0.29, 0.717) is 24.6 Å². The highest BCUT2D eigenvalue weighted by atomic mass is 32.2. The Morgan fingerprint density at radius 2 is 1.93 bits per heavy atom. The maximum absolute atomic E-state index is 12.8. The lowest BCUT2D eigenvalue weighted by Gasteiger charge is -2.31. The summed E-state index contributed by atoms with van der Waals surface area (Å²) in [6.07, 6.45) is 3.38. The minimum Gasteiger partial charge on any atom is -0.468 e. The fraction of sp³-hybridized carbons (Fsp3) is 0.421. The standard InChI is InChI=1S/C19H23NO5S2/c1-24-19(21)16-4-6-18(7-5-16)27(22,23)20-10-8-15(9-11-20)13-26-14-17-3-2-12-25-17/h2-7,12,15H,8-11,13-14H2,1H3. The van der Waals surface area contributed by atoms with E-state index in [9.17, 15) is 13.2 Å². The molecular formula is C19H23NO5S2. The van der Waals surface area contributed by atoms with Crippen molar-refractivity contribution >= 4 is 27.8 Å². The zero-order chi connectivity index (χ0) is 19.3. The Kier molecular flexibility index (Phi) is 6.62. The van der Waals surface area contributed by atoms with Gasteiger partial charge in [0.05, 0.1) is 29.6 Å². The Labute approximate surface area is 163 Å². The second-order valence-corrected chi connectivity index (χ2v) is 9.43. The maximum Gasteiger partial charge on any atom is 0.337 e. The summed E-state index contributed by atoms with van der Waals surface area (Å²) in [5.74, 6) is 2.85. The monoisotopic (exact) mass is 409 g/mol. The quantitative estimate of drug-likeness (QED) is 0.653. The molecule has 0 bridgehead atoms. The molecule has 0 radical (unpaired) electrons. The summed E-state index contributed by atoms with van der Waals surface area (Å²) in [5.41, 5.74) is 0.337. The summed E-state index contributed by atoms with van der Waals surface area (Å²) >= 11 is 1.82. The van der Waals surface area contributed by atoms with Gasteiger partial charge < -0.3 is 9.15 Å². The molecule has 1 aliphatic heterocycles. The highest BCUT2D eigenvalue weighted by Gasteiger charge is 2.29. The smallest absolute Gasteiger partial charge is 0.337 e. The number of rotatable bonds is 7. The van der Waals surface area contributed by atoms with Gasteiger partial charge in [0.25, 0.3) is 0 Å². The molecule has 2 heterocycles. The molecule has 3 rings (SSSR count). The number of esters is 1. The highest BCUT2D eigenvalue weighted by Crippen LogP contribution is 2.27. The van der Waals surface area contributed by atoms with Gasteiger partial charge in [-0.05, 0) is 60.9 Å². The molecule has 0 aliphatic carbocycles. The molecule has 2 aromatic rings. The van der Waals surface area contributed by atoms with Gasteiger partial charge in [-0.2, -0.15) is 16.1 Å². The highest BCUT2D eigenvalue weighted by molar-refractivity contribution is 7.98. The summed E-state index contributed by atoms with van der Waals surface area (Å²) in [5, 5.41) is 0. The van der Waals surface area contributed by atoms with Crippen LogP contribution in [0.15, 0.2) is 52.0 Å². The third-order valence-electron chi connectivity index (χ3n) is 4.66. The van der Waals surface area contributed by atoms with E-state index in [-0.39, 0.29) is 4.90 Å². The first-order valence-corrected chi connectivity index (χ1v) is 11.4. The molecule has 1 aliphatic rings. The summed E-state index contributed by atoms with van der Waals surface area (Å²) in [6, 6.07) is 9.75. The largest absolute Gasteiger partial charge is 0.468 e. The van der Waals surface area contributed by atoms with Gasteiger partial charge in [0.2, 0.25) is 10.0 Å². The van der Waals surface area contributed by atoms with Gasteiger partial charge in [0, 0.05) is 13.1 Å². The van der Waals surface area contributed by atoms with E-state index < -0.39 is 16.0 Å². The van der Waals surface area contributed by atoms with Gasteiger partial charge in [-0.3, -0.25) is 0 Å². The summed E-state index contributed by atoms with van der Waals surface area (Å²) in [4.78, 5) is 11.7. The fourth-order valence-electron chi connectivity index (χ4n) is 3.07. The van der Waals surface area contributed by atoms with Gasteiger partial charge in [0.15, 0.2) is 0 Å². The second kappa shape index (κ2) is 8.95. The van der Waals surface area contributed by atoms with Crippen molar-refractivity contribution in [3.63, 3.8) is 0 Å². The number of furan rings is 1. The van der Waals surface area contributed by atoms with E-state index in [0.717, 1.165) is 30.1 Å². The van der Waals surface area contributed by atoms with Crippen molar-refractivity contribution in [3.8, 4) is 0 Å². The molecule has 0 amide bonds. The second-order valence-electron chi connectivity index (χ2n) is 6.46. The Morgan fingerprint density at radius 1 is 1.22 bits per heavy atom. The minimum atomic E-state index is -3.53. The van der Waals surface area contributed by atoms with Crippen LogP contribution < -0.4 is 0 Å². The van der Waals surface area contributed by atoms with Crippen molar-refractivity contribution in [2.75, 3.05) is 26.0 Å². The molecule has 0 N–H and O–H groups in total. The van der Waals surface area contributed by atoms with E-state index in [4.69, 9.17) is 4.42 Å². The minimum absolute atomic E-state index is 0.209. The Morgan fingerprint density at radius 3 is 2.52 bits per heavy atom. The number of thioether (sulfide) groups is 1. The third kappa shape index (κ3) is 4.94. The van der Waals surface area contributed by atoms with Crippen molar-refractivity contribution < 1.29 is 22.4 Å². The molecule has 1 aromatic carbocycles. The van der Waals surface area contributed by atoms with E-state index in [1.165, 1.54) is 35.7 Å². The zero-order valence-electron chi connectivity index (χ0n) is 15.2. The molecule has 6 nitrogen and oxygen atoms in total. The predicted octanol–water partition coefficient (Wildman–Crippen LogP) is 3.40. The molecule has 1 aromatic heterocycles. The zero-order valence-corrected chi connectivity index (χ0v) is 16.8. The fourth-order valence-corrected chi connectivity index (χ4v) is 5.69. The number of methoxy groups -OCH3 is 1. The van der Waals surface area contributed by atoms with Crippen LogP contribution in [0.3, 0.4) is 0 Å². The number of hydrogen-bond donors (Lipinski definition) is 0. The van der Waals surface area contributed by atoms with Crippen LogP contribution in [0, 0.1) is 5.92 Å². The molecule has 0 spiro atoms. The van der Waals surface area contributed by atoms with Gasteiger partial charge in [0.1, 0.15) is 5.76 Å². The Balaban J connectivity index is 1.52. The van der Waals surface area contributed by atoms with Gasteiger partial charge in [-0.25, -0.2) is 13.2 Å². The van der Waals surface area contributed by atoms with Crippen LogP contribution in [0.5, 0.6) is 0 Å². The number of carbonyl (C=O) groups excluding carboxylic acids is 1. The topological polar surface area (TPSA) is 76.8 Å². The third-order valence-corrected chi connectivity index (χ3v) is 7.77. The number of ether oxygens (including phenoxy) is 1. The lowest BCUT2D eigenvalue weighted by atomic mass is 10.0. The average molecular weight is 410 g/mol. The molecule has 146 valence electrons. The number of hydrogen-bond acceptors (Lipinski definition) is 6. The maximum atomic E-state index is 12.8. The van der Waals surface area contributed by atoms with Crippen molar-refractivity contribution in [3.05, 3.63) is 54.0 Å². The molecule has 8 heteroatoms. The number of sulfonamides is 1. The van der Waals surface area contributed by atoms with Crippen molar-refractivity contribution in [2.45, 2.75) is 23.5 Å². The van der Waals surface area contributed by atoms with E-state index >= 15 is 0 Å². The number of nitrogens with zero attached hydrogens (tertiary/aromatic N) is 1. The number of benzene rings is 1. The first-order valence-electron chi connectivity index (χ1n) is 8.79. The SMILES string of the molecule is COC(=O)c1ccc(S(=O)(=O)N2CCC(CSCc3ccco3)CC2)cc1. The molecule has 0 unspecified atom stereocenters. The van der Waals surface area contributed by atoms with Gasteiger partial charge in [-0.15, -0.1) is 0 Å². The van der Waals surface area contributed by atoms with Crippen LogP contribution in [0.25, 0.3) is 0 Å². The predicted molar refractivity (Wildman–Crippen MR) is 104 cm³/mol. The van der Waals surface area contributed by atoms with Crippen LogP contribution in [0.4, 0.5) is 0 Å². The van der Waals surface area contributed by atoms with Crippen LogP contribution in [-0.4, -0.2) is 44.6 Å².